The number of hydrogen-bond donors (Lipinski definition) is 2. The molecule has 0 saturated heterocycles. The smallest absolute Gasteiger partial charge is 0.255 e. The fourth-order valence-corrected chi connectivity index (χ4v) is 3.04. The van der Waals surface area contributed by atoms with Gasteiger partial charge in [-0.3, -0.25) is 4.79 Å². The lowest BCUT2D eigenvalue weighted by molar-refractivity contribution is 0.0850. The van der Waals surface area contributed by atoms with Crippen LogP contribution < -0.4 is 15.8 Å². The molecule has 4 nitrogen and oxygen atoms in total. The molecule has 1 fully saturated rings. The summed E-state index contributed by atoms with van der Waals surface area (Å²) < 4.78 is 5.54. The molecule has 1 aliphatic rings. The number of hydrogen-bond acceptors (Lipinski definition) is 3. The van der Waals surface area contributed by atoms with E-state index in [-0.39, 0.29) is 17.4 Å². The first-order valence-electron chi connectivity index (χ1n) is 7.78. The molecule has 0 aromatic heterocycles. The first-order valence-corrected chi connectivity index (χ1v) is 7.78. The Morgan fingerprint density at radius 1 is 1.43 bits per heavy atom. The molecule has 2 rings (SSSR count). The molecule has 1 aromatic rings. The molecular weight excluding hydrogens is 264 g/mol. The molecule has 1 unspecified atom stereocenters. The Labute approximate surface area is 127 Å². The summed E-state index contributed by atoms with van der Waals surface area (Å²) in [6.45, 7) is 6.82. The Hall–Kier alpha value is -1.71. The van der Waals surface area contributed by atoms with Crippen LogP contribution in [0, 0.1) is 5.41 Å². The number of ether oxygens (including phenoxy) is 1. The van der Waals surface area contributed by atoms with Gasteiger partial charge in [-0.25, -0.2) is 0 Å². The van der Waals surface area contributed by atoms with Crippen LogP contribution in [0.5, 0.6) is 5.75 Å². The summed E-state index contributed by atoms with van der Waals surface area (Å²) in [5, 5.41) is 3.18. The van der Waals surface area contributed by atoms with Crippen molar-refractivity contribution in [2.45, 2.75) is 52.5 Å². The Balaban J connectivity index is 2.18. The number of anilines is 1. The van der Waals surface area contributed by atoms with Crippen LogP contribution in [0.4, 0.5) is 5.69 Å². The standard InChI is InChI=1S/C17H26N2O2/c1-4-21-15-12(8-7-9-13(15)18)16(20)19-14-10-5-6-11-17(14,2)3/h7-9,14H,4-6,10-11,18H2,1-3H3,(H,19,20). The molecule has 1 aliphatic carbocycles. The van der Waals surface area contributed by atoms with Crippen LogP contribution in [0.15, 0.2) is 18.2 Å². The van der Waals surface area contributed by atoms with Crippen molar-refractivity contribution in [3.05, 3.63) is 23.8 Å². The lowest BCUT2D eigenvalue weighted by Crippen LogP contribution is -2.46. The Morgan fingerprint density at radius 2 is 2.19 bits per heavy atom. The van der Waals surface area contributed by atoms with Gasteiger partial charge < -0.3 is 15.8 Å². The third-order valence-electron chi connectivity index (χ3n) is 4.39. The van der Waals surface area contributed by atoms with Gasteiger partial charge >= 0.3 is 0 Å². The maximum atomic E-state index is 12.6. The van der Waals surface area contributed by atoms with Crippen molar-refractivity contribution in [2.24, 2.45) is 5.41 Å². The lowest BCUT2D eigenvalue weighted by Gasteiger charge is -2.39. The molecular formula is C17H26N2O2. The number of benzene rings is 1. The molecule has 0 bridgehead atoms. The van der Waals surface area contributed by atoms with Crippen molar-refractivity contribution in [3.63, 3.8) is 0 Å². The van der Waals surface area contributed by atoms with Crippen LogP contribution in [0.2, 0.25) is 0 Å². The number of nitrogens with one attached hydrogen (secondary N) is 1. The summed E-state index contributed by atoms with van der Waals surface area (Å²) in [7, 11) is 0. The van der Waals surface area contributed by atoms with Crippen molar-refractivity contribution in [2.75, 3.05) is 12.3 Å². The monoisotopic (exact) mass is 290 g/mol. The van der Waals surface area contributed by atoms with Crippen LogP contribution >= 0.6 is 0 Å². The van der Waals surface area contributed by atoms with Crippen LogP contribution in [0.3, 0.4) is 0 Å². The van der Waals surface area contributed by atoms with E-state index in [0.29, 0.717) is 23.6 Å². The second-order valence-corrected chi connectivity index (χ2v) is 6.42. The summed E-state index contributed by atoms with van der Waals surface area (Å²) in [5.41, 5.74) is 7.10. The zero-order valence-electron chi connectivity index (χ0n) is 13.2. The van der Waals surface area contributed by atoms with Crippen LogP contribution in [-0.4, -0.2) is 18.6 Å². The number of amides is 1. The van der Waals surface area contributed by atoms with E-state index >= 15 is 0 Å². The van der Waals surface area contributed by atoms with Crippen molar-refractivity contribution in [3.8, 4) is 5.75 Å². The van der Waals surface area contributed by atoms with Gasteiger partial charge in [0.05, 0.1) is 17.9 Å². The van der Waals surface area contributed by atoms with E-state index < -0.39 is 0 Å². The highest BCUT2D eigenvalue weighted by Crippen LogP contribution is 2.36. The third-order valence-corrected chi connectivity index (χ3v) is 4.39. The maximum absolute atomic E-state index is 12.6. The third kappa shape index (κ3) is 3.49. The van der Waals surface area contributed by atoms with Crippen molar-refractivity contribution in [1.82, 2.24) is 5.32 Å². The molecule has 1 aromatic carbocycles. The highest BCUT2D eigenvalue weighted by atomic mass is 16.5. The predicted octanol–water partition coefficient (Wildman–Crippen LogP) is 3.37. The summed E-state index contributed by atoms with van der Waals surface area (Å²) >= 11 is 0. The molecule has 21 heavy (non-hydrogen) atoms. The van der Waals surface area contributed by atoms with Crippen molar-refractivity contribution < 1.29 is 9.53 Å². The van der Waals surface area contributed by atoms with E-state index in [2.05, 4.69) is 19.2 Å². The molecule has 1 amide bonds. The number of carbonyl (C=O) groups excluding carboxylic acids is 1. The van der Waals surface area contributed by atoms with E-state index in [0.717, 1.165) is 12.8 Å². The molecule has 116 valence electrons. The maximum Gasteiger partial charge on any atom is 0.255 e. The van der Waals surface area contributed by atoms with E-state index in [9.17, 15) is 4.79 Å². The fourth-order valence-electron chi connectivity index (χ4n) is 3.04. The molecule has 0 heterocycles. The Morgan fingerprint density at radius 3 is 2.86 bits per heavy atom. The van der Waals surface area contributed by atoms with E-state index in [1.54, 1.807) is 18.2 Å². The molecule has 3 N–H and O–H groups in total. The quantitative estimate of drug-likeness (QED) is 0.836. The molecule has 1 saturated carbocycles. The number of para-hydroxylation sites is 1. The van der Waals surface area contributed by atoms with E-state index in [1.807, 2.05) is 6.92 Å². The summed E-state index contributed by atoms with van der Waals surface area (Å²) in [6.07, 6.45) is 4.59. The van der Waals surface area contributed by atoms with Crippen LogP contribution in [-0.2, 0) is 0 Å². The van der Waals surface area contributed by atoms with Gasteiger partial charge in [0.15, 0.2) is 5.75 Å². The first-order chi connectivity index (χ1) is 9.95. The zero-order chi connectivity index (χ0) is 15.5. The number of nitrogen functional groups attached to an aromatic ring is 1. The van der Waals surface area contributed by atoms with E-state index in [1.165, 1.54) is 12.8 Å². The van der Waals surface area contributed by atoms with Gasteiger partial charge in [-0.2, -0.15) is 0 Å². The van der Waals surface area contributed by atoms with Gasteiger partial charge in [0.25, 0.3) is 5.91 Å². The minimum Gasteiger partial charge on any atom is -0.491 e. The van der Waals surface area contributed by atoms with Crippen LogP contribution in [0.25, 0.3) is 0 Å². The van der Waals surface area contributed by atoms with Gasteiger partial charge in [0, 0.05) is 6.04 Å². The summed E-state index contributed by atoms with van der Waals surface area (Å²) in [5.74, 6) is 0.400. The van der Waals surface area contributed by atoms with Gasteiger partial charge in [-0.1, -0.05) is 32.8 Å². The average molecular weight is 290 g/mol. The number of rotatable bonds is 4. The normalized spacial score (nSPS) is 20.8. The van der Waals surface area contributed by atoms with Gasteiger partial charge in [-0.15, -0.1) is 0 Å². The topological polar surface area (TPSA) is 64.3 Å². The Kier molecular flexibility index (Phi) is 4.76. The summed E-state index contributed by atoms with van der Waals surface area (Å²) in [4.78, 5) is 12.6. The average Bonchev–Trinajstić information content (AvgIpc) is 2.43. The molecule has 4 heteroatoms. The van der Waals surface area contributed by atoms with E-state index in [4.69, 9.17) is 10.5 Å². The Bertz CT molecular complexity index is 512. The second kappa shape index (κ2) is 6.37. The molecule has 0 aliphatic heterocycles. The zero-order valence-corrected chi connectivity index (χ0v) is 13.2. The van der Waals surface area contributed by atoms with Gasteiger partial charge in [0.1, 0.15) is 0 Å². The fraction of sp³-hybridized carbons (Fsp3) is 0.588. The predicted molar refractivity (Wildman–Crippen MR) is 85.5 cm³/mol. The first kappa shape index (κ1) is 15.7. The van der Waals surface area contributed by atoms with Crippen molar-refractivity contribution >= 4 is 11.6 Å². The highest BCUT2D eigenvalue weighted by Gasteiger charge is 2.33. The molecule has 1 atom stereocenters. The van der Waals surface area contributed by atoms with Crippen LogP contribution in [0.1, 0.15) is 56.8 Å². The van der Waals surface area contributed by atoms with Crippen molar-refractivity contribution in [1.29, 1.82) is 0 Å². The van der Waals surface area contributed by atoms with Gasteiger partial charge in [-0.05, 0) is 37.3 Å². The SMILES string of the molecule is CCOc1c(N)cccc1C(=O)NC1CCCCC1(C)C. The second-order valence-electron chi connectivity index (χ2n) is 6.42. The largest absolute Gasteiger partial charge is 0.491 e. The number of nitrogens with two attached hydrogens (primary N) is 1. The molecule has 0 spiro atoms. The lowest BCUT2D eigenvalue weighted by atomic mass is 9.73. The minimum atomic E-state index is -0.0919. The summed E-state index contributed by atoms with van der Waals surface area (Å²) in [6, 6.07) is 5.52. The molecule has 0 radical (unpaired) electrons. The highest BCUT2D eigenvalue weighted by molar-refractivity contribution is 5.98. The number of carbonyl (C=O) groups is 1. The minimum absolute atomic E-state index is 0.0919. The van der Waals surface area contributed by atoms with Gasteiger partial charge in [0.2, 0.25) is 0 Å².